The molecule has 1 rings (SSSR count). The zero-order valence-corrected chi connectivity index (χ0v) is 10.8. The van der Waals surface area contributed by atoms with Crippen molar-refractivity contribution in [3.05, 3.63) is 12.2 Å². The van der Waals surface area contributed by atoms with Crippen molar-refractivity contribution in [2.75, 3.05) is 39.8 Å². The van der Waals surface area contributed by atoms with Gasteiger partial charge in [-0.1, -0.05) is 13.5 Å². The lowest BCUT2D eigenvalue weighted by Crippen LogP contribution is -2.41. The fourth-order valence-corrected chi connectivity index (χ4v) is 2.20. The van der Waals surface area contributed by atoms with Crippen LogP contribution in [0, 0.1) is 0 Å². The van der Waals surface area contributed by atoms with Gasteiger partial charge in [0.2, 0.25) is 0 Å². The lowest BCUT2D eigenvalue weighted by molar-refractivity contribution is 0.00238. The Balaban J connectivity index is 2.24. The molecule has 0 aliphatic carbocycles. The summed E-state index contributed by atoms with van der Waals surface area (Å²) in [6, 6.07) is 0. The van der Waals surface area contributed by atoms with Crippen LogP contribution in [0.25, 0.3) is 0 Å². The number of ether oxygens (including phenoxy) is 1. The molecule has 0 aromatic carbocycles. The fourth-order valence-electron chi connectivity index (χ4n) is 2.20. The van der Waals surface area contributed by atoms with E-state index in [0.717, 1.165) is 32.7 Å². The highest BCUT2D eigenvalue weighted by atomic mass is 16.5. The van der Waals surface area contributed by atoms with E-state index in [1.165, 1.54) is 25.0 Å². The van der Waals surface area contributed by atoms with E-state index in [-0.39, 0.29) is 0 Å². The van der Waals surface area contributed by atoms with E-state index in [1.807, 2.05) is 7.05 Å². The lowest BCUT2D eigenvalue weighted by atomic mass is 10.1. The van der Waals surface area contributed by atoms with Crippen molar-refractivity contribution in [2.45, 2.75) is 32.3 Å². The predicted molar refractivity (Wildman–Crippen MR) is 68.8 cm³/mol. The summed E-state index contributed by atoms with van der Waals surface area (Å²) in [6.45, 7) is 11.3. The van der Waals surface area contributed by atoms with Gasteiger partial charge in [0.1, 0.15) is 0 Å². The quantitative estimate of drug-likeness (QED) is 0.668. The number of rotatable bonds is 7. The molecule has 3 heteroatoms. The summed E-state index contributed by atoms with van der Waals surface area (Å²) < 4.78 is 5.82. The molecule has 1 unspecified atom stereocenters. The molecule has 0 aromatic rings. The molecule has 0 amide bonds. The predicted octanol–water partition coefficient (Wildman–Crippen LogP) is 1.65. The summed E-state index contributed by atoms with van der Waals surface area (Å²) in [6.07, 6.45) is 4.02. The van der Waals surface area contributed by atoms with Gasteiger partial charge in [0, 0.05) is 26.2 Å². The number of hydrogen-bond donors (Lipinski definition) is 1. The van der Waals surface area contributed by atoms with Crippen LogP contribution in [0.3, 0.4) is 0 Å². The topological polar surface area (TPSA) is 24.5 Å². The van der Waals surface area contributed by atoms with Gasteiger partial charge < -0.3 is 10.1 Å². The third kappa shape index (κ3) is 5.10. The Morgan fingerprint density at radius 2 is 2.38 bits per heavy atom. The molecule has 0 bridgehead atoms. The first-order chi connectivity index (χ1) is 7.76. The maximum absolute atomic E-state index is 5.82. The molecule has 3 nitrogen and oxygen atoms in total. The molecule has 0 saturated carbocycles. The van der Waals surface area contributed by atoms with Gasteiger partial charge in [0.25, 0.3) is 0 Å². The second-order valence-electron chi connectivity index (χ2n) is 4.65. The molecule has 1 fully saturated rings. The van der Waals surface area contributed by atoms with E-state index in [1.54, 1.807) is 0 Å². The summed E-state index contributed by atoms with van der Waals surface area (Å²) in [5.74, 6) is 0. The lowest BCUT2D eigenvalue weighted by Gasteiger charge is -2.33. The zero-order valence-electron chi connectivity index (χ0n) is 10.8. The van der Waals surface area contributed by atoms with Crippen LogP contribution in [0.4, 0.5) is 0 Å². The van der Waals surface area contributed by atoms with Crippen LogP contribution in [0.2, 0.25) is 0 Å². The van der Waals surface area contributed by atoms with Gasteiger partial charge in [-0.3, -0.25) is 4.90 Å². The minimum absolute atomic E-state index is 0.441. The van der Waals surface area contributed by atoms with Crippen molar-refractivity contribution in [1.82, 2.24) is 10.2 Å². The van der Waals surface area contributed by atoms with Crippen molar-refractivity contribution in [1.29, 1.82) is 0 Å². The van der Waals surface area contributed by atoms with Crippen molar-refractivity contribution in [3.8, 4) is 0 Å². The Bertz CT molecular complexity index is 206. The maximum Gasteiger partial charge on any atom is 0.0702 e. The van der Waals surface area contributed by atoms with Crippen LogP contribution in [0.5, 0.6) is 0 Å². The van der Waals surface area contributed by atoms with Crippen LogP contribution >= 0.6 is 0 Å². The van der Waals surface area contributed by atoms with Crippen molar-refractivity contribution in [3.63, 3.8) is 0 Å². The van der Waals surface area contributed by atoms with Crippen LogP contribution in [-0.2, 0) is 4.74 Å². The summed E-state index contributed by atoms with van der Waals surface area (Å²) in [5.41, 5.74) is 1.26. The average molecular weight is 226 g/mol. The van der Waals surface area contributed by atoms with Gasteiger partial charge in [-0.25, -0.2) is 0 Å². The molecule has 0 spiro atoms. The van der Waals surface area contributed by atoms with E-state index in [0.29, 0.717) is 6.10 Å². The van der Waals surface area contributed by atoms with Gasteiger partial charge >= 0.3 is 0 Å². The highest BCUT2D eigenvalue weighted by molar-refractivity contribution is 5.00. The summed E-state index contributed by atoms with van der Waals surface area (Å²) in [7, 11) is 1.97. The smallest absolute Gasteiger partial charge is 0.0702 e. The van der Waals surface area contributed by atoms with Crippen LogP contribution < -0.4 is 5.32 Å². The molecular formula is C13H26N2O. The van der Waals surface area contributed by atoms with Crippen molar-refractivity contribution < 1.29 is 4.74 Å². The molecule has 0 aromatic heterocycles. The average Bonchev–Trinajstić information content (AvgIpc) is 2.27. The number of likely N-dealkylation sites (N-methyl/N-ethyl adjacent to an activating group) is 1. The number of nitrogens with zero attached hydrogens (tertiary/aromatic N) is 1. The van der Waals surface area contributed by atoms with Crippen LogP contribution in [-0.4, -0.2) is 50.8 Å². The second kappa shape index (κ2) is 7.82. The highest BCUT2D eigenvalue weighted by Crippen LogP contribution is 2.14. The van der Waals surface area contributed by atoms with E-state index < -0.39 is 0 Å². The molecule has 1 saturated heterocycles. The summed E-state index contributed by atoms with van der Waals surface area (Å²) in [5, 5.41) is 3.15. The Morgan fingerprint density at radius 3 is 3.06 bits per heavy atom. The molecule has 1 atom stereocenters. The van der Waals surface area contributed by atoms with Crippen LogP contribution in [0.15, 0.2) is 12.2 Å². The Kier molecular flexibility index (Phi) is 6.69. The molecule has 1 aliphatic heterocycles. The van der Waals surface area contributed by atoms with Gasteiger partial charge in [0.15, 0.2) is 0 Å². The normalized spacial score (nSPS) is 22.2. The van der Waals surface area contributed by atoms with E-state index in [2.05, 4.69) is 23.7 Å². The third-order valence-electron chi connectivity index (χ3n) is 2.89. The molecule has 1 heterocycles. The maximum atomic E-state index is 5.82. The van der Waals surface area contributed by atoms with Gasteiger partial charge in [0.05, 0.1) is 6.10 Å². The Hall–Kier alpha value is -0.380. The molecule has 0 radical (unpaired) electrons. The van der Waals surface area contributed by atoms with Gasteiger partial charge in [-0.05, 0) is 38.4 Å². The summed E-state index contributed by atoms with van der Waals surface area (Å²) >= 11 is 0. The Labute approximate surface area is 99.8 Å². The van der Waals surface area contributed by atoms with Crippen LogP contribution in [0.1, 0.15) is 26.2 Å². The Morgan fingerprint density at radius 1 is 1.56 bits per heavy atom. The number of likely N-dealkylation sites (tertiary alicyclic amines) is 1. The molecule has 16 heavy (non-hydrogen) atoms. The second-order valence-corrected chi connectivity index (χ2v) is 4.65. The molecule has 94 valence electrons. The van der Waals surface area contributed by atoms with Crippen molar-refractivity contribution in [2.24, 2.45) is 0 Å². The van der Waals surface area contributed by atoms with E-state index >= 15 is 0 Å². The highest BCUT2D eigenvalue weighted by Gasteiger charge is 2.20. The van der Waals surface area contributed by atoms with Gasteiger partial charge in [-0.15, -0.1) is 0 Å². The first kappa shape index (κ1) is 13.7. The monoisotopic (exact) mass is 226 g/mol. The molecule has 1 N–H and O–H groups in total. The fraction of sp³-hybridized carbons (Fsp3) is 0.846. The van der Waals surface area contributed by atoms with E-state index in [4.69, 9.17) is 4.74 Å². The number of piperidine rings is 1. The zero-order chi connectivity index (χ0) is 11.8. The van der Waals surface area contributed by atoms with Gasteiger partial charge in [-0.2, -0.15) is 0 Å². The summed E-state index contributed by atoms with van der Waals surface area (Å²) in [4.78, 5) is 2.46. The van der Waals surface area contributed by atoms with Crippen molar-refractivity contribution >= 4 is 0 Å². The molecule has 1 aliphatic rings. The minimum Gasteiger partial charge on any atom is -0.377 e. The standard InChI is InChI=1S/C13H26N2O/c1-4-8-16-13-6-5-7-15(11-13)10-12(2)9-14-3/h13-14H,2,4-11H2,1,3H3. The van der Waals surface area contributed by atoms with E-state index in [9.17, 15) is 0 Å². The first-order valence-corrected chi connectivity index (χ1v) is 6.41. The first-order valence-electron chi connectivity index (χ1n) is 6.41. The molecular weight excluding hydrogens is 200 g/mol. The largest absolute Gasteiger partial charge is 0.377 e. The third-order valence-corrected chi connectivity index (χ3v) is 2.89. The number of nitrogens with one attached hydrogen (secondary N) is 1. The minimum atomic E-state index is 0.441. The SMILES string of the molecule is C=C(CNC)CN1CCCC(OCCC)C1. The number of hydrogen-bond acceptors (Lipinski definition) is 3.